The van der Waals surface area contributed by atoms with Crippen molar-refractivity contribution in [3.63, 3.8) is 0 Å². The minimum absolute atomic E-state index is 0.0108. The van der Waals surface area contributed by atoms with E-state index in [9.17, 15) is 19.2 Å². The first-order valence-corrected chi connectivity index (χ1v) is 12.5. The molecule has 0 atom stereocenters. The Morgan fingerprint density at radius 2 is 0.895 bits per heavy atom. The number of benzene rings is 3. The SMILES string of the molecule is CCCCOC(=O)c1ccc(OC(=O)c2ccccc2C(=O)Oc2ccc(C(=O)OCCCC)cc2)cc1. The fourth-order valence-corrected chi connectivity index (χ4v) is 3.27. The average Bonchev–Trinajstić information content (AvgIpc) is 2.94. The van der Waals surface area contributed by atoms with E-state index in [1.54, 1.807) is 12.1 Å². The Labute approximate surface area is 221 Å². The first kappa shape index (κ1) is 28.1. The fraction of sp³-hybridized carbons (Fsp3) is 0.267. The molecule has 0 bridgehead atoms. The molecule has 0 aliphatic heterocycles. The maximum atomic E-state index is 12.8. The molecule has 0 saturated carbocycles. The van der Waals surface area contributed by atoms with Gasteiger partial charge in [0.15, 0.2) is 0 Å². The van der Waals surface area contributed by atoms with Gasteiger partial charge in [-0.2, -0.15) is 0 Å². The second-order valence-electron chi connectivity index (χ2n) is 8.35. The van der Waals surface area contributed by atoms with E-state index in [1.165, 1.54) is 60.7 Å². The van der Waals surface area contributed by atoms with Gasteiger partial charge in [-0.25, -0.2) is 19.2 Å². The first-order valence-electron chi connectivity index (χ1n) is 12.5. The fourth-order valence-electron chi connectivity index (χ4n) is 3.27. The zero-order valence-corrected chi connectivity index (χ0v) is 21.4. The highest BCUT2D eigenvalue weighted by Crippen LogP contribution is 2.20. The molecular formula is C30H30O8. The van der Waals surface area contributed by atoms with Crippen LogP contribution in [0.5, 0.6) is 11.5 Å². The largest absolute Gasteiger partial charge is 0.462 e. The van der Waals surface area contributed by atoms with Gasteiger partial charge in [-0.05, 0) is 73.5 Å². The number of rotatable bonds is 12. The van der Waals surface area contributed by atoms with Crippen molar-refractivity contribution < 1.29 is 38.1 Å². The van der Waals surface area contributed by atoms with Crippen LogP contribution >= 0.6 is 0 Å². The van der Waals surface area contributed by atoms with E-state index in [0.717, 1.165) is 25.7 Å². The van der Waals surface area contributed by atoms with Crippen LogP contribution in [0.1, 0.15) is 81.0 Å². The Hall–Kier alpha value is -4.46. The van der Waals surface area contributed by atoms with Crippen LogP contribution in [0.2, 0.25) is 0 Å². The number of carbonyl (C=O) groups is 4. The lowest BCUT2D eigenvalue weighted by Gasteiger charge is -2.10. The van der Waals surface area contributed by atoms with Crippen LogP contribution in [0.25, 0.3) is 0 Å². The molecule has 0 N–H and O–H groups in total. The number of hydrogen-bond acceptors (Lipinski definition) is 8. The van der Waals surface area contributed by atoms with E-state index in [1.807, 2.05) is 13.8 Å². The summed E-state index contributed by atoms with van der Waals surface area (Å²) in [4.78, 5) is 49.8. The smallest absolute Gasteiger partial charge is 0.344 e. The van der Waals surface area contributed by atoms with E-state index in [-0.39, 0.29) is 22.6 Å². The lowest BCUT2D eigenvalue weighted by atomic mass is 10.1. The van der Waals surface area contributed by atoms with Crippen LogP contribution in [0.15, 0.2) is 72.8 Å². The van der Waals surface area contributed by atoms with Gasteiger partial charge < -0.3 is 18.9 Å². The standard InChI is InChI=1S/C30H30O8/c1-3-5-19-35-27(31)21-11-15-23(16-12-21)37-29(33)25-9-7-8-10-26(25)30(34)38-24-17-13-22(14-18-24)28(32)36-20-6-4-2/h7-18H,3-6,19-20H2,1-2H3. The highest BCUT2D eigenvalue weighted by molar-refractivity contribution is 6.04. The normalized spacial score (nSPS) is 10.4. The van der Waals surface area contributed by atoms with Gasteiger partial charge >= 0.3 is 23.9 Å². The van der Waals surface area contributed by atoms with Gasteiger partial charge in [0.2, 0.25) is 0 Å². The minimum Gasteiger partial charge on any atom is -0.462 e. The van der Waals surface area contributed by atoms with Gasteiger partial charge in [0, 0.05) is 0 Å². The third kappa shape index (κ3) is 8.03. The molecule has 3 aromatic rings. The summed E-state index contributed by atoms with van der Waals surface area (Å²) in [5.74, 6) is -2.03. The summed E-state index contributed by atoms with van der Waals surface area (Å²) in [6.45, 7) is 4.69. The number of carbonyl (C=O) groups excluding carboxylic acids is 4. The Morgan fingerprint density at radius 3 is 1.24 bits per heavy atom. The van der Waals surface area contributed by atoms with Crippen LogP contribution < -0.4 is 9.47 Å². The molecule has 3 rings (SSSR count). The van der Waals surface area contributed by atoms with Gasteiger partial charge in [0.25, 0.3) is 0 Å². The molecule has 198 valence electrons. The number of unbranched alkanes of at least 4 members (excludes halogenated alkanes) is 2. The Morgan fingerprint density at radius 1 is 0.526 bits per heavy atom. The van der Waals surface area contributed by atoms with Crippen molar-refractivity contribution >= 4 is 23.9 Å². The number of hydrogen-bond donors (Lipinski definition) is 0. The molecule has 0 spiro atoms. The van der Waals surface area contributed by atoms with Crippen LogP contribution in [-0.2, 0) is 9.47 Å². The lowest BCUT2D eigenvalue weighted by molar-refractivity contribution is 0.0490. The van der Waals surface area contributed by atoms with E-state index in [2.05, 4.69) is 0 Å². The van der Waals surface area contributed by atoms with Crippen molar-refractivity contribution in [2.45, 2.75) is 39.5 Å². The highest BCUT2D eigenvalue weighted by atomic mass is 16.5. The van der Waals surface area contributed by atoms with Gasteiger partial charge in [-0.1, -0.05) is 38.8 Å². The molecule has 0 fully saturated rings. The molecule has 8 heteroatoms. The van der Waals surface area contributed by atoms with Crippen molar-refractivity contribution in [1.29, 1.82) is 0 Å². The van der Waals surface area contributed by atoms with Gasteiger partial charge in [-0.3, -0.25) is 0 Å². The molecular weight excluding hydrogens is 488 g/mol. The molecule has 0 radical (unpaired) electrons. The van der Waals surface area contributed by atoms with E-state index >= 15 is 0 Å². The minimum atomic E-state index is -0.763. The van der Waals surface area contributed by atoms with Gasteiger partial charge in [0.1, 0.15) is 11.5 Å². The predicted molar refractivity (Wildman–Crippen MR) is 140 cm³/mol. The third-order valence-electron chi connectivity index (χ3n) is 5.43. The molecule has 0 saturated heterocycles. The summed E-state index contributed by atoms with van der Waals surface area (Å²) >= 11 is 0. The zero-order chi connectivity index (χ0) is 27.3. The summed E-state index contributed by atoms with van der Waals surface area (Å²) in [5, 5.41) is 0. The zero-order valence-electron chi connectivity index (χ0n) is 21.4. The highest BCUT2D eigenvalue weighted by Gasteiger charge is 2.21. The first-order chi connectivity index (χ1) is 18.4. The maximum Gasteiger partial charge on any atom is 0.344 e. The Bertz CT molecular complexity index is 1150. The van der Waals surface area contributed by atoms with E-state index in [0.29, 0.717) is 24.3 Å². The number of esters is 4. The van der Waals surface area contributed by atoms with Crippen molar-refractivity contribution in [2.75, 3.05) is 13.2 Å². The molecule has 3 aromatic carbocycles. The molecule has 8 nitrogen and oxygen atoms in total. The molecule has 0 heterocycles. The third-order valence-corrected chi connectivity index (χ3v) is 5.43. The molecule has 0 aromatic heterocycles. The summed E-state index contributed by atoms with van der Waals surface area (Å²) in [6, 6.07) is 18.0. The quantitative estimate of drug-likeness (QED) is 0.162. The van der Waals surface area contributed by atoms with Crippen LogP contribution in [0.4, 0.5) is 0 Å². The van der Waals surface area contributed by atoms with E-state index < -0.39 is 23.9 Å². The lowest BCUT2D eigenvalue weighted by Crippen LogP contribution is -2.17. The van der Waals surface area contributed by atoms with Crippen molar-refractivity contribution in [2.24, 2.45) is 0 Å². The molecule has 0 amide bonds. The molecule has 0 aliphatic rings. The van der Waals surface area contributed by atoms with Gasteiger partial charge in [0.05, 0.1) is 35.5 Å². The van der Waals surface area contributed by atoms with Crippen LogP contribution in [-0.4, -0.2) is 37.1 Å². The second kappa shape index (κ2) is 14.3. The Balaban J connectivity index is 1.63. The van der Waals surface area contributed by atoms with Crippen molar-refractivity contribution in [1.82, 2.24) is 0 Å². The van der Waals surface area contributed by atoms with E-state index in [4.69, 9.17) is 18.9 Å². The van der Waals surface area contributed by atoms with Crippen molar-refractivity contribution in [3.8, 4) is 11.5 Å². The summed E-state index contributed by atoms with van der Waals surface area (Å²) < 4.78 is 21.1. The Kier molecular flexibility index (Phi) is 10.6. The second-order valence-corrected chi connectivity index (χ2v) is 8.35. The molecule has 0 aliphatic carbocycles. The number of ether oxygens (including phenoxy) is 4. The van der Waals surface area contributed by atoms with Crippen LogP contribution in [0, 0.1) is 0 Å². The monoisotopic (exact) mass is 518 g/mol. The van der Waals surface area contributed by atoms with Gasteiger partial charge in [-0.15, -0.1) is 0 Å². The topological polar surface area (TPSA) is 105 Å². The maximum absolute atomic E-state index is 12.8. The summed E-state index contributed by atoms with van der Waals surface area (Å²) in [5.41, 5.74) is 0.698. The average molecular weight is 519 g/mol. The summed E-state index contributed by atoms with van der Waals surface area (Å²) in [6.07, 6.45) is 3.39. The predicted octanol–water partition coefficient (Wildman–Crippen LogP) is 6.04. The summed E-state index contributed by atoms with van der Waals surface area (Å²) in [7, 11) is 0. The van der Waals surface area contributed by atoms with Crippen LogP contribution in [0.3, 0.4) is 0 Å². The van der Waals surface area contributed by atoms with Crippen molar-refractivity contribution in [3.05, 3.63) is 95.1 Å². The molecule has 0 unspecified atom stereocenters. The molecule has 38 heavy (non-hydrogen) atoms.